The Labute approximate surface area is 127 Å². The van der Waals surface area contributed by atoms with Crippen LogP contribution in [0, 0.1) is 12.3 Å². The van der Waals surface area contributed by atoms with E-state index in [2.05, 4.69) is 10.6 Å². The van der Waals surface area contributed by atoms with Crippen LogP contribution in [0.3, 0.4) is 0 Å². The number of imide groups is 1. The van der Waals surface area contributed by atoms with Gasteiger partial charge in [-0.05, 0) is 24.5 Å². The van der Waals surface area contributed by atoms with Gasteiger partial charge in [-0.2, -0.15) is 0 Å². The third-order valence-corrected chi connectivity index (χ3v) is 3.74. The van der Waals surface area contributed by atoms with Gasteiger partial charge in [0, 0.05) is 16.2 Å². The second-order valence-corrected chi connectivity index (χ2v) is 7.03. The molecule has 0 aliphatic carbocycles. The number of carbonyl (C=O) groups excluding carboxylic acids is 2. The molecule has 1 rings (SSSR count). The quantitative estimate of drug-likeness (QED) is 0.751. The lowest BCUT2D eigenvalue weighted by molar-refractivity contribution is -0.139. The van der Waals surface area contributed by atoms with Crippen LogP contribution in [0.4, 0.5) is 4.79 Å². The van der Waals surface area contributed by atoms with Crippen LogP contribution in [0.25, 0.3) is 0 Å². The van der Waals surface area contributed by atoms with E-state index in [4.69, 9.17) is 5.11 Å². The Morgan fingerprint density at radius 3 is 2.43 bits per heavy atom. The highest BCUT2D eigenvalue weighted by Gasteiger charge is 2.25. The van der Waals surface area contributed by atoms with Crippen molar-refractivity contribution in [1.82, 2.24) is 10.6 Å². The van der Waals surface area contributed by atoms with Crippen molar-refractivity contribution >= 4 is 29.2 Å². The molecular weight excluding hydrogens is 292 g/mol. The second-order valence-electron chi connectivity index (χ2n) is 5.65. The van der Waals surface area contributed by atoms with Crippen molar-refractivity contribution in [2.75, 3.05) is 0 Å². The average Bonchev–Trinajstić information content (AvgIpc) is 2.69. The van der Waals surface area contributed by atoms with Gasteiger partial charge in [0.15, 0.2) is 0 Å². The standard InChI is InChI=1S/C14H20N2O4S/c1-9-4-5-10(21-9)8-15-13(20)16-11(17)6-14(2,3)7-12(18)19/h4-5H,6-8H2,1-3H3,(H,18,19)(H2,15,16,17,20). The van der Waals surface area contributed by atoms with E-state index in [1.807, 2.05) is 19.1 Å². The first-order valence-electron chi connectivity index (χ1n) is 6.53. The molecule has 3 N–H and O–H groups in total. The molecule has 0 spiro atoms. The summed E-state index contributed by atoms with van der Waals surface area (Å²) in [6, 6.07) is 3.30. The van der Waals surface area contributed by atoms with Gasteiger partial charge in [-0.1, -0.05) is 13.8 Å². The minimum atomic E-state index is -0.967. The molecule has 0 bridgehead atoms. The highest BCUT2D eigenvalue weighted by molar-refractivity contribution is 7.11. The largest absolute Gasteiger partial charge is 0.481 e. The highest BCUT2D eigenvalue weighted by Crippen LogP contribution is 2.24. The summed E-state index contributed by atoms with van der Waals surface area (Å²) in [5.41, 5.74) is -0.693. The van der Waals surface area contributed by atoms with E-state index in [-0.39, 0.29) is 12.8 Å². The molecule has 0 aliphatic rings. The van der Waals surface area contributed by atoms with E-state index in [9.17, 15) is 14.4 Å². The molecule has 21 heavy (non-hydrogen) atoms. The molecule has 1 heterocycles. The predicted molar refractivity (Wildman–Crippen MR) is 80.1 cm³/mol. The van der Waals surface area contributed by atoms with Crippen LogP contribution < -0.4 is 10.6 Å². The molecule has 0 saturated heterocycles. The van der Waals surface area contributed by atoms with Crippen LogP contribution in [0.1, 0.15) is 36.4 Å². The van der Waals surface area contributed by atoms with Crippen molar-refractivity contribution in [1.29, 1.82) is 0 Å². The van der Waals surface area contributed by atoms with Gasteiger partial charge in [-0.15, -0.1) is 11.3 Å². The van der Waals surface area contributed by atoms with E-state index >= 15 is 0 Å². The fourth-order valence-electron chi connectivity index (χ4n) is 1.87. The number of aryl methyl sites for hydroxylation is 1. The van der Waals surface area contributed by atoms with Crippen molar-refractivity contribution in [3.05, 3.63) is 21.9 Å². The summed E-state index contributed by atoms with van der Waals surface area (Å²) in [4.78, 5) is 36.1. The average molecular weight is 312 g/mol. The minimum absolute atomic E-state index is 0.0230. The molecule has 0 fully saturated rings. The molecule has 116 valence electrons. The van der Waals surface area contributed by atoms with Crippen molar-refractivity contribution in [2.45, 2.75) is 40.2 Å². The second kappa shape index (κ2) is 7.21. The van der Waals surface area contributed by atoms with Crippen LogP contribution in [0.2, 0.25) is 0 Å². The van der Waals surface area contributed by atoms with E-state index < -0.39 is 23.3 Å². The Kier molecular flexibility index (Phi) is 5.90. The zero-order valence-corrected chi connectivity index (χ0v) is 13.2. The molecule has 1 aromatic rings. The van der Waals surface area contributed by atoms with Gasteiger partial charge < -0.3 is 10.4 Å². The number of nitrogens with one attached hydrogen (secondary N) is 2. The predicted octanol–water partition coefficient (Wildman–Crippen LogP) is 2.27. The van der Waals surface area contributed by atoms with E-state index in [0.717, 1.165) is 9.75 Å². The van der Waals surface area contributed by atoms with E-state index in [0.29, 0.717) is 6.54 Å². The van der Waals surface area contributed by atoms with Crippen molar-refractivity contribution in [3.63, 3.8) is 0 Å². The Morgan fingerprint density at radius 1 is 1.24 bits per heavy atom. The molecule has 0 atom stereocenters. The smallest absolute Gasteiger partial charge is 0.321 e. The van der Waals surface area contributed by atoms with Crippen molar-refractivity contribution in [2.24, 2.45) is 5.41 Å². The SMILES string of the molecule is Cc1ccc(CNC(=O)NC(=O)CC(C)(C)CC(=O)O)s1. The van der Waals surface area contributed by atoms with Crippen LogP contribution >= 0.6 is 11.3 Å². The number of rotatable bonds is 6. The Bertz CT molecular complexity index is 537. The zero-order valence-electron chi connectivity index (χ0n) is 12.4. The first kappa shape index (κ1) is 17.2. The number of carboxylic acids is 1. The van der Waals surface area contributed by atoms with Crippen LogP contribution in [0.15, 0.2) is 12.1 Å². The number of carbonyl (C=O) groups is 3. The summed E-state index contributed by atoms with van der Waals surface area (Å²) in [5.74, 6) is -1.45. The van der Waals surface area contributed by atoms with Crippen LogP contribution in [-0.2, 0) is 16.1 Å². The molecule has 1 aromatic heterocycles. The lowest BCUT2D eigenvalue weighted by Crippen LogP contribution is -2.40. The summed E-state index contributed by atoms with van der Waals surface area (Å²) in [5, 5.41) is 13.5. The molecule has 7 heteroatoms. The summed E-state index contributed by atoms with van der Waals surface area (Å²) >= 11 is 1.57. The first-order chi connectivity index (χ1) is 9.68. The third-order valence-electron chi connectivity index (χ3n) is 2.74. The fraction of sp³-hybridized carbons (Fsp3) is 0.500. The summed E-state index contributed by atoms with van der Waals surface area (Å²) < 4.78 is 0. The molecule has 0 aliphatic heterocycles. The topological polar surface area (TPSA) is 95.5 Å². The van der Waals surface area contributed by atoms with Gasteiger partial charge in [0.1, 0.15) is 0 Å². The monoisotopic (exact) mass is 312 g/mol. The number of urea groups is 1. The maximum Gasteiger partial charge on any atom is 0.321 e. The number of thiophene rings is 1. The number of hydrogen-bond donors (Lipinski definition) is 3. The molecule has 3 amide bonds. The first-order valence-corrected chi connectivity index (χ1v) is 7.34. The maximum atomic E-state index is 11.7. The van der Waals surface area contributed by atoms with Gasteiger partial charge in [0.05, 0.1) is 13.0 Å². The van der Waals surface area contributed by atoms with Gasteiger partial charge in [-0.3, -0.25) is 14.9 Å². The highest BCUT2D eigenvalue weighted by atomic mass is 32.1. The summed E-state index contributed by atoms with van der Waals surface area (Å²) in [7, 11) is 0. The lowest BCUT2D eigenvalue weighted by Gasteiger charge is -2.21. The van der Waals surface area contributed by atoms with Gasteiger partial charge >= 0.3 is 12.0 Å². The maximum absolute atomic E-state index is 11.7. The molecule has 6 nitrogen and oxygen atoms in total. The molecule has 0 aromatic carbocycles. The van der Waals surface area contributed by atoms with Gasteiger partial charge in [-0.25, -0.2) is 4.79 Å². The lowest BCUT2D eigenvalue weighted by atomic mass is 9.85. The molecular formula is C14H20N2O4S. The number of hydrogen-bond acceptors (Lipinski definition) is 4. The van der Waals surface area contributed by atoms with E-state index in [1.54, 1.807) is 25.2 Å². The number of aliphatic carboxylic acids is 1. The summed E-state index contributed by atoms with van der Waals surface area (Å²) in [6.45, 7) is 5.68. The fourth-order valence-corrected chi connectivity index (χ4v) is 2.70. The van der Waals surface area contributed by atoms with Crippen molar-refractivity contribution in [3.8, 4) is 0 Å². The van der Waals surface area contributed by atoms with Crippen molar-refractivity contribution < 1.29 is 19.5 Å². The number of carboxylic acid groups (broad SMARTS) is 1. The van der Waals surface area contributed by atoms with Gasteiger partial charge in [0.2, 0.25) is 5.91 Å². The Balaban J connectivity index is 2.36. The van der Waals surface area contributed by atoms with Crippen LogP contribution in [0.5, 0.6) is 0 Å². The normalized spacial score (nSPS) is 11.0. The Hall–Kier alpha value is -1.89. The van der Waals surface area contributed by atoms with Crippen LogP contribution in [-0.4, -0.2) is 23.0 Å². The van der Waals surface area contributed by atoms with Gasteiger partial charge in [0.25, 0.3) is 0 Å². The third kappa shape index (κ3) is 6.89. The minimum Gasteiger partial charge on any atom is -0.481 e. The molecule has 0 unspecified atom stereocenters. The number of amides is 3. The molecule has 0 radical (unpaired) electrons. The van der Waals surface area contributed by atoms with E-state index in [1.165, 1.54) is 0 Å². The Morgan fingerprint density at radius 2 is 1.90 bits per heavy atom. The molecule has 0 saturated carbocycles. The zero-order chi connectivity index (χ0) is 16.0. The summed E-state index contributed by atoms with van der Waals surface area (Å²) in [6.07, 6.45) is -0.151.